The molecule has 0 bridgehead atoms. The van der Waals surface area contributed by atoms with E-state index in [1.54, 1.807) is 18.6 Å². The minimum Gasteiger partial charge on any atom is -0.345 e. The van der Waals surface area contributed by atoms with E-state index in [0.29, 0.717) is 11.1 Å². The maximum atomic E-state index is 12.8. The third-order valence-corrected chi connectivity index (χ3v) is 4.54. The predicted molar refractivity (Wildman–Crippen MR) is 104 cm³/mol. The van der Waals surface area contributed by atoms with Gasteiger partial charge in [-0.15, -0.1) is 0 Å². The molecular weight excluding hydrogens is 340 g/mol. The molecule has 0 radical (unpaired) electrons. The lowest BCUT2D eigenvalue weighted by Crippen LogP contribution is -2.28. The number of carbonyl (C=O) groups is 1. The van der Waals surface area contributed by atoms with Gasteiger partial charge >= 0.3 is 0 Å². The van der Waals surface area contributed by atoms with Crippen LogP contribution in [0.4, 0.5) is 0 Å². The van der Waals surface area contributed by atoms with E-state index < -0.39 is 0 Å². The fraction of sp³-hybridized carbons (Fsp3) is 0.0952. The monoisotopic (exact) mass is 358 g/mol. The summed E-state index contributed by atoms with van der Waals surface area (Å²) >= 11 is 0. The molecule has 0 aliphatic heterocycles. The number of fused-ring (bicyclic) bond motifs is 1. The molecule has 2 aromatic carbocycles. The Labute approximate surface area is 155 Å². The first-order valence-corrected chi connectivity index (χ1v) is 8.63. The van der Waals surface area contributed by atoms with Crippen molar-refractivity contribution in [3.63, 3.8) is 0 Å². The average molecular weight is 358 g/mol. The van der Waals surface area contributed by atoms with E-state index in [1.165, 1.54) is 6.07 Å². The van der Waals surface area contributed by atoms with Gasteiger partial charge in [-0.3, -0.25) is 9.59 Å². The molecule has 4 rings (SSSR count). The fourth-order valence-electron chi connectivity index (χ4n) is 3.10. The zero-order valence-corrected chi connectivity index (χ0v) is 14.7. The Morgan fingerprint density at radius 2 is 1.93 bits per heavy atom. The SMILES string of the molecule is C[C@H](NC(=O)c1cc(=O)[nH]c2ccccc12)c1ccc(-n2ccnc2)cc1. The molecule has 2 heterocycles. The first kappa shape index (κ1) is 16.8. The van der Waals surface area contributed by atoms with Crippen LogP contribution in [0.1, 0.15) is 28.9 Å². The van der Waals surface area contributed by atoms with Crippen molar-refractivity contribution in [1.82, 2.24) is 19.9 Å². The van der Waals surface area contributed by atoms with Gasteiger partial charge < -0.3 is 14.9 Å². The van der Waals surface area contributed by atoms with Crippen LogP contribution in [0.5, 0.6) is 0 Å². The maximum absolute atomic E-state index is 12.8. The van der Waals surface area contributed by atoms with Crippen molar-refractivity contribution in [1.29, 1.82) is 0 Å². The minimum atomic E-state index is -0.295. The van der Waals surface area contributed by atoms with Crippen LogP contribution >= 0.6 is 0 Å². The molecule has 0 aliphatic rings. The summed E-state index contributed by atoms with van der Waals surface area (Å²) in [6.07, 6.45) is 5.33. The Bertz CT molecular complexity index is 1140. The standard InChI is InChI=1S/C21H18N4O2/c1-14(15-6-8-16(9-7-15)25-11-10-22-13-25)23-21(27)18-12-20(26)24-19-5-3-2-4-17(18)19/h2-14H,1H3,(H,23,27)(H,24,26)/t14-/m0/s1. The molecule has 0 fully saturated rings. The third-order valence-electron chi connectivity index (χ3n) is 4.54. The Kier molecular flexibility index (Phi) is 4.30. The molecule has 27 heavy (non-hydrogen) atoms. The van der Waals surface area contributed by atoms with Crippen molar-refractivity contribution < 1.29 is 4.79 Å². The second-order valence-electron chi connectivity index (χ2n) is 6.35. The van der Waals surface area contributed by atoms with Crippen LogP contribution in [-0.4, -0.2) is 20.4 Å². The molecule has 4 aromatic rings. The van der Waals surface area contributed by atoms with Gasteiger partial charge in [0.1, 0.15) is 0 Å². The highest BCUT2D eigenvalue weighted by Gasteiger charge is 2.15. The molecule has 0 saturated carbocycles. The number of para-hydroxylation sites is 1. The Balaban J connectivity index is 1.57. The fourth-order valence-corrected chi connectivity index (χ4v) is 3.10. The van der Waals surface area contributed by atoms with Gasteiger partial charge in [0.25, 0.3) is 5.91 Å². The van der Waals surface area contributed by atoms with Crippen molar-refractivity contribution >= 4 is 16.8 Å². The summed E-state index contributed by atoms with van der Waals surface area (Å²) in [6.45, 7) is 1.92. The molecule has 0 saturated heterocycles. The molecule has 0 spiro atoms. The molecule has 1 amide bonds. The van der Waals surface area contributed by atoms with Crippen molar-refractivity contribution in [2.45, 2.75) is 13.0 Å². The Morgan fingerprint density at radius 3 is 2.67 bits per heavy atom. The van der Waals surface area contributed by atoms with Crippen molar-refractivity contribution in [3.05, 3.63) is 94.8 Å². The van der Waals surface area contributed by atoms with Gasteiger partial charge in [-0.05, 0) is 30.7 Å². The smallest absolute Gasteiger partial charge is 0.252 e. The van der Waals surface area contributed by atoms with E-state index >= 15 is 0 Å². The average Bonchev–Trinajstić information content (AvgIpc) is 3.22. The normalized spacial score (nSPS) is 12.0. The van der Waals surface area contributed by atoms with E-state index in [4.69, 9.17) is 0 Å². The summed E-state index contributed by atoms with van der Waals surface area (Å²) < 4.78 is 1.91. The topological polar surface area (TPSA) is 79.8 Å². The van der Waals surface area contributed by atoms with Gasteiger partial charge in [-0.2, -0.15) is 0 Å². The van der Waals surface area contributed by atoms with Crippen molar-refractivity contribution in [3.8, 4) is 5.69 Å². The highest BCUT2D eigenvalue weighted by atomic mass is 16.2. The van der Waals surface area contributed by atoms with E-state index in [9.17, 15) is 9.59 Å². The summed E-state index contributed by atoms with van der Waals surface area (Å²) in [5.74, 6) is -0.275. The molecule has 2 aromatic heterocycles. The van der Waals surface area contributed by atoms with Gasteiger partial charge in [-0.1, -0.05) is 30.3 Å². The summed E-state index contributed by atoms with van der Waals surface area (Å²) in [5, 5.41) is 3.69. The molecule has 1 atom stereocenters. The summed E-state index contributed by atoms with van der Waals surface area (Å²) in [4.78, 5) is 31.4. The number of aromatic nitrogens is 3. The van der Waals surface area contributed by atoms with Crippen LogP contribution in [0.25, 0.3) is 16.6 Å². The van der Waals surface area contributed by atoms with E-state index in [0.717, 1.165) is 16.6 Å². The first-order valence-electron chi connectivity index (χ1n) is 8.63. The highest BCUT2D eigenvalue weighted by Crippen LogP contribution is 2.18. The van der Waals surface area contributed by atoms with Gasteiger partial charge in [-0.25, -0.2) is 4.98 Å². The number of benzene rings is 2. The molecule has 2 N–H and O–H groups in total. The Morgan fingerprint density at radius 1 is 1.15 bits per heavy atom. The maximum Gasteiger partial charge on any atom is 0.252 e. The van der Waals surface area contributed by atoms with Crippen LogP contribution in [0.2, 0.25) is 0 Å². The van der Waals surface area contributed by atoms with Crippen LogP contribution < -0.4 is 10.9 Å². The second kappa shape index (κ2) is 6.92. The van der Waals surface area contributed by atoms with Gasteiger partial charge in [0, 0.05) is 35.1 Å². The zero-order chi connectivity index (χ0) is 18.8. The van der Waals surface area contributed by atoms with E-state index in [-0.39, 0.29) is 17.5 Å². The lowest BCUT2D eigenvalue weighted by molar-refractivity contribution is 0.0941. The predicted octanol–water partition coefficient (Wildman–Crippen LogP) is 3.20. The number of hydrogen-bond donors (Lipinski definition) is 2. The summed E-state index contributed by atoms with van der Waals surface area (Å²) in [7, 11) is 0. The number of nitrogens with one attached hydrogen (secondary N) is 2. The molecule has 6 nitrogen and oxygen atoms in total. The number of pyridine rings is 1. The summed E-state index contributed by atoms with van der Waals surface area (Å²) in [5.41, 5.74) is 2.69. The van der Waals surface area contributed by atoms with Crippen LogP contribution in [0.3, 0.4) is 0 Å². The van der Waals surface area contributed by atoms with Crippen molar-refractivity contribution in [2.24, 2.45) is 0 Å². The molecule has 6 heteroatoms. The quantitative estimate of drug-likeness (QED) is 0.588. The summed E-state index contributed by atoms with van der Waals surface area (Å²) in [6, 6.07) is 16.3. The number of rotatable bonds is 4. The largest absolute Gasteiger partial charge is 0.345 e. The molecule has 134 valence electrons. The number of carbonyl (C=O) groups excluding carboxylic acids is 1. The number of amides is 1. The zero-order valence-electron chi connectivity index (χ0n) is 14.7. The number of aromatic amines is 1. The van der Waals surface area contributed by atoms with E-state index in [1.807, 2.05) is 60.2 Å². The van der Waals surface area contributed by atoms with Gasteiger partial charge in [0.15, 0.2) is 0 Å². The lowest BCUT2D eigenvalue weighted by Gasteiger charge is -2.16. The van der Waals surface area contributed by atoms with Crippen LogP contribution in [0, 0.1) is 0 Å². The number of imidazole rings is 1. The van der Waals surface area contributed by atoms with Crippen molar-refractivity contribution in [2.75, 3.05) is 0 Å². The first-order chi connectivity index (χ1) is 13.1. The second-order valence-corrected chi connectivity index (χ2v) is 6.35. The molecular formula is C21H18N4O2. The van der Waals surface area contributed by atoms with Crippen LogP contribution in [0.15, 0.2) is 78.1 Å². The number of hydrogen-bond acceptors (Lipinski definition) is 3. The third kappa shape index (κ3) is 3.37. The van der Waals surface area contributed by atoms with Gasteiger partial charge in [0.2, 0.25) is 5.56 Å². The lowest BCUT2D eigenvalue weighted by atomic mass is 10.1. The molecule has 0 aliphatic carbocycles. The van der Waals surface area contributed by atoms with Crippen LogP contribution in [-0.2, 0) is 0 Å². The highest BCUT2D eigenvalue weighted by molar-refractivity contribution is 6.06. The Hall–Kier alpha value is -3.67. The minimum absolute atomic E-state index is 0.201. The number of H-pyrrole nitrogens is 1. The number of nitrogens with zero attached hydrogens (tertiary/aromatic N) is 2. The van der Waals surface area contributed by atoms with E-state index in [2.05, 4.69) is 15.3 Å². The van der Waals surface area contributed by atoms with Gasteiger partial charge in [0.05, 0.1) is 17.9 Å². The molecule has 0 unspecified atom stereocenters.